The van der Waals surface area contributed by atoms with E-state index in [0.29, 0.717) is 37.7 Å². The second-order valence-corrected chi connectivity index (χ2v) is 8.41. The Labute approximate surface area is 194 Å². The predicted octanol–water partition coefficient (Wildman–Crippen LogP) is 2.78. The van der Waals surface area contributed by atoms with Crippen LogP contribution in [0.5, 0.6) is 0 Å². The molecule has 1 aromatic carbocycles. The number of anilines is 2. The Hall–Kier alpha value is -3.22. The molecule has 4 rings (SSSR count). The van der Waals surface area contributed by atoms with Gasteiger partial charge in [-0.2, -0.15) is 5.26 Å². The van der Waals surface area contributed by atoms with Crippen LogP contribution >= 0.6 is 0 Å². The fourth-order valence-electron chi connectivity index (χ4n) is 4.31. The number of benzene rings is 1. The van der Waals surface area contributed by atoms with Gasteiger partial charge < -0.3 is 20.3 Å². The topological polar surface area (TPSA) is 106 Å². The maximum Gasteiger partial charge on any atom is 0.319 e. The van der Waals surface area contributed by atoms with E-state index in [2.05, 4.69) is 33.4 Å². The zero-order valence-electron chi connectivity index (χ0n) is 19.3. The minimum Gasteiger partial charge on any atom is -0.377 e. The average Bonchev–Trinajstić information content (AvgIpc) is 2.83. The number of hydrogen-bond acceptors (Lipinski definition) is 7. The molecule has 1 atom stereocenters. The van der Waals surface area contributed by atoms with Gasteiger partial charge in [-0.05, 0) is 44.5 Å². The fraction of sp³-hybridized carbons (Fsp3) is 0.500. The van der Waals surface area contributed by atoms with Crippen molar-refractivity contribution in [3.63, 3.8) is 0 Å². The molecule has 3 heterocycles. The van der Waals surface area contributed by atoms with E-state index < -0.39 is 0 Å². The molecule has 2 aromatic rings. The van der Waals surface area contributed by atoms with E-state index in [1.165, 1.54) is 5.56 Å². The summed E-state index contributed by atoms with van der Waals surface area (Å²) in [5, 5.41) is 14.5. The van der Waals surface area contributed by atoms with Gasteiger partial charge in [-0.3, -0.25) is 4.90 Å². The first-order valence-electron chi connectivity index (χ1n) is 11.6. The fourth-order valence-corrected chi connectivity index (χ4v) is 4.31. The van der Waals surface area contributed by atoms with Crippen molar-refractivity contribution in [3.05, 3.63) is 35.5 Å². The monoisotopic (exact) mass is 449 g/mol. The highest BCUT2D eigenvalue weighted by molar-refractivity contribution is 5.89. The highest BCUT2D eigenvalue weighted by Crippen LogP contribution is 2.31. The third-order valence-electron chi connectivity index (χ3n) is 6.04. The number of nitriles is 1. The summed E-state index contributed by atoms with van der Waals surface area (Å²) in [6.07, 6.45) is 1.39. The molecule has 0 aliphatic carbocycles. The molecule has 0 spiro atoms. The highest BCUT2D eigenvalue weighted by atomic mass is 16.5. The smallest absolute Gasteiger partial charge is 0.319 e. The van der Waals surface area contributed by atoms with E-state index in [9.17, 15) is 4.79 Å². The predicted molar refractivity (Wildman–Crippen MR) is 127 cm³/mol. The maximum atomic E-state index is 11.8. The lowest BCUT2D eigenvalue weighted by Crippen LogP contribution is -2.45. The van der Waals surface area contributed by atoms with Crippen molar-refractivity contribution >= 4 is 17.5 Å². The number of nitrogens with zero attached hydrogens (tertiary/aromatic N) is 5. The van der Waals surface area contributed by atoms with Crippen LogP contribution in [0.1, 0.15) is 31.5 Å². The van der Waals surface area contributed by atoms with Crippen LogP contribution in [0.3, 0.4) is 0 Å². The lowest BCUT2D eigenvalue weighted by atomic mass is 10.0. The van der Waals surface area contributed by atoms with Gasteiger partial charge >= 0.3 is 6.03 Å². The summed E-state index contributed by atoms with van der Waals surface area (Å²) in [5.41, 5.74) is 3.85. The van der Waals surface area contributed by atoms with E-state index in [1.54, 1.807) is 0 Å². The summed E-state index contributed by atoms with van der Waals surface area (Å²) < 4.78 is 5.65. The molecular formula is C24H31N7O2. The Morgan fingerprint density at radius 3 is 2.82 bits per heavy atom. The quantitative estimate of drug-likeness (QED) is 0.698. The lowest BCUT2D eigenvalue weighted by Gasteiger charge is -2.37. The zero-order valence-corrected chi connectivity index (χ0v) is 19.3. The molecule has 2 amide bonds. The number of urea groups is 1. The second-order valence-electron chi connectivity index (χ2n) is 8.41. The molecule has 1 saturated heterocycles. The molecule has 0 unspecified atom stereocenters. The van der Waals surface area contributed by atoms with Gasteiger partial charge in [0.1, 0.15) is 5.82 Å². The Morgan fingerprint density at radius 2 is 2.09 bits per heavy atom. The lowest BCUT2D eigenvalue weighted by molar-refractivity contribution is 0.0983. The van der Waals surface area contributed by atoms with Crippen LogP contribution in [0.4, 0.5) is 16.3 Å². The number of fused-ring (bicyclic) bond motifs is 1. The number of nitrogens with one attached hydrogen (secondary N) is 2. The van der Waals surface area contributed by atoms with E-state index in [-0.39, 0.29) is 12.1 Å². The number of carbonyl (C=O) groups is 1. The number of aromatic nitrogens is 2. The normalized spacial score (nSPS) is 18.3. The van der Waals surface area contributed by atoms with Crippen molar-refractivity contribution < 1.29 is 9.53 Å². The highest BCUT2D eigenvalue weighted by Gasteiger charge is 2.28. The number of ether oxygens (including phenoxy) is 1. The summed E-state index contributed by atoms with van der Waals surface area (Å²) in [6.45, 7) is 9.16. The molecule has 1 fully saturated rings. The van der Waals surface area contributed by atoms with Crippen molar-refractivity contribution in [2.45, 2.75) is 39.3 Å². The number of carbonyl (C=O) groups excluding carboxylic acids is 1. The van der Waals surface area contributed by atoms with Crippen LogP contribution in [0, 0.1) is 11.3 Å². The molecule has 1 aromatic heterocycles. The number of hydrogen-bond donors (Lipinski definition) is 2. The first-order chi connectivity index (χ1) is 16.1. The second kappa shape index (κ2) is 10.6. The minimum absolute atomic E-state index is 0.226. The van der Waals surface area contributed by atoms with Crippen LogP contribution in [0.15, 0.2) is 24.3 Å². The minimum atomic E-state index is -0.226. The van der Waals surface area contributed by atoms with Crippen LogP contribution in [-0.4, -0.2) is 66.3 Å². The zero-order chi connectivity index (χ0) is 23.2. The van der Waals surface area contributed by atoms with Crippen molar-refractivity contribution in [1.29, 1.82) is 5.26 Å². The molecule has 0 radical (unpaired) electrons. The van der Waals surface area contributed by atoms with Crippen LogP contribution in [0.2, 0.25) is 0 Å². The van der Waals surface area contributed by atoms with Gasteiger partial charge in [0.15, 0.2) is 5.82 Å². The molecule has 174 valence electrons. The van der Waals surface area contributed by atoms with Gasteiger partial charge in [0.25, 0.3) is 0 Å². The molecule has 2 aliphatic rings. The Morgan fingerprint density at radius 1 is 1.27 bits per heavy atom. The average molecular weight is 450 g/mol. The van der Waals surface area contributed by atoms with Crippen molar-refractivity contribution in [2.24, 2.45) is 0 Å². The van der Waals surface area contributed by atoms with E-state index in [1.807, 2.05) is 31.2 Å². The van der Waals surface area contributed by atoms with E-state index in [0.717, 1.165) is 49.7 Å². The van der Waals surface area contributed by atoms with Crippen molar-refractivity contribution in [3.8, 4) is 17.5 Å². The van der Waals surface area contributed by atoms with Crippen molar-refractivity contribution in [1.82, 2.24) is 20.2 Å². The summed E-state index contributed by atoms with van der Waals surface area (Å²) in [6, 6.07) is 9.86. The van der Waals surface area contributed by atoms with Gasteiger partial charge in [-0.15, -0.1) is 0 Å². The number of amides is 2. The van der Waals surface area contributed by atoms with Gasteiger partial charge in [0.05, 0.1) is 31.0 Å². The Balaban J connectivity index is 1.66. The van der Waals surface area contributed by atoms with Crippen LogP contribution < -0.4 is 15.5 Å². The Bertz CT molecular complexity index is 1020. The summed E-state index contributed by atoms with van der Waals surface area (Å²) in [4.78, 5) is 26.4. The molecule has 2 aliphatic heterocycles. The van der Waals surface area contributed by atoms with Gasteiger partial charge in [-0.1, -0.05) is 0 Å². The third kappa shape index (κ3) is 5.41. The molecule has 2 N–H and O–H groups in total. The standard InChI is InChI=1S/C24H31N7O2/c1-3-26-24(32)27-19-7-5-18(6-8-19)22-28-21-15-30(11-4-10-25)12-9-20(21)23(29-22)31-13-14-33-16-17(31)2/h5-8,17H,3-4,9,11-16H2,1-2H3,(H2,26,27,32)/t17-/m0/s1. The van der Waals surface area contributed by atoms with Gasteiger partial charge in [0, 0.05) is 56.0 Å². The van der Waals surface area contributed by atoms with E-state index >= 15 is 0 Å². The summed E-state index contributed by atoms with van der Waals surface area (Å²) >= 11 is 0. The van der Waals surface area contributed by atoms with Crippen LogP contribution in [0.25, 0.3) is 11.4 Å². The number of morpholine rings is 1. The Kier molecular flexibility index (Phi) is 7.37. The molecular weight excluding hydrogens is 418 g/mol. The molecule has 9 nitrogen and oxygen atoms in total. The van der Waals surface area contributed by atoms with Gasteiger partial charge in [0.2, 0.25) is 0 Å². The molecule has 0 saturated carbocycles. The van der Waals surface area contributed by atoms with E-state index in [4.69, 9.17) is 20.0 Å². The molecule has 33 heavy (non-hydrogen) atoms. The molecule has 0 bridgehead atoms. The largest absolute Gasteiger partial charge is 0.377 e. The van der Waals surface area contributed by atoms with Crippen LogP contribution in [-0.2, 0) is 17.7 Å². The summed E-state index contributed by atoms with van der Waals surface area (Å²) in [5.74, 6) is 1.67. The maximum absolute atomic E-state index is 11.8. The summed E-state index contributed by atoms with van der Waals surface area (Å²) in [7, 11) is 0. The SMILES string of the molecule is CCNC(=O)Nc1ccc(-c2nc3c(c(N4CCOC[C@@H]4C)n2)CCN(CCC#N)C3)cc1. The van der Waals surface area contributed by atoms with Gasteiger partial charge in [-0.25, -0.2) is 14.8 Å². The first-order valence-corrected chi connectivity index (χ1v) is 11.6. The number of rotatable bonds is 6. The third-order valence-corrected chi connectivity index (χ3v) is 6.04. The molecule has 9 heteroatoms. The first kappa shape index (κ1) is 23.0. The van der Waals surface area contributed by atoms with Crippen molar-refractivity contribution in [2.75, 3.05) is 49.6 Å².